The molecule has 0 heterocycles. The van der Waals surface area contributed by atoms with Gasteiger partial charge in [0, 0.05) is 11.8 Å². The molecule has 6 heteroatoms. The summed E-state index contributed by atoms with van der Waals surface area (Å²) in [5.74, 6) is 0.795. The molecule has 1 aromatic carbocycles. The third-order valence-electron chi connectivity index (χ3n) is 3.47. The summed E-state index contributed by atoms with van der Waals surface area (Å²) in [5.41, 5.74) is 0.869. The van der Waals surface area contributed by atoms with E-state index in [1.54, 1.807) is 24.3 Å². The quantitative estimate of drug-likeness (QED) is 0.440. The lowest BCUT2D eigenvalue weighted by Crippen LogP contribution is -2.30. The summed E-state index contributed by atoms with van der Waals surface area (Å²) >= 11 is -0.942. The lowest BCUT2D eigenvalue weighted by Gasteiger charge is -2.17. The zero-order valence-electron chi connectivity index (χ0n) is 16.0. The zero-order valence-corrected chi connectivity index (χ0v) is 17.6. The molecule has 142 valence electrons. The number of hydrogen-bond donors (Lipinski definition) is 0. The minimum Gasteiger partial charge on any atom is -0.294 e. The highest BCUT2D eigenvalue weighted by Crippen LogP contribution is 2.24. The Morgan fingerprint density at radius 2 is 1.72 bits per heavy atom. The predicted octanol–water partition coefficient (Wildman–Crippen LogP) is 4.43. The van der Waals surface area contributed by atoms with Gasteiger partial charge in [-0.3, -0.25) is 4.79 Å². The molecule has 0 aromatic heterocycles. The standard InChI is InChI=1S/C19H31O4S2/c1-6-7-8-9-17(20)14-24(15-19(3,4)5)23-25(21,22)18-12-10-16(2)11-13-18/h10-13H,6-9,14-15H2,1-5H3/q+1. The molecule has 1 aromatic rings. The van der Waals surface area contributed by atoms with E-state index in [2.05, 4.69) is 6.92 Å². The number of carbonyl (C=O) groups excluding carboxylic acids is 1. The highest BCUT2D eigenvalue weighted by atomic mass is 32.3. The molecular weight excluding hydrogens is 356 g/mol. The average Bonchev–Trinajstić information content (AvgIpc) is 2.45. The summed E-state index contributed by atoms with van der Waals surface area (Å²) in [6.45, 7) is 10.1. The van der Waals surface area contributed by atoms with Gasteiger partial charge >= 0.3 is 10.1 Å². The Bertz CT molecular complexity index is 643. The normalized spacial score (nSPS) is 13.6. The van der Waals surface area contributed by atoms with Crippen LogP contribution in [0.15, 0.2) is 29.2 Å². The lowest BCUT2D eigenvalue weighted by molar-refractivity contribution is -0.116. The molecular formula is C19H31O4S2+. The topological polar surface area (TPSA) is 60.4 Å². The molecule has 0 aliphatic rings. The molecule has 1 unspecified atom stereocenters. The first-order chi connectivity index (χ1) is 11.5. The number of aryl methyl sites for hydroxylation is 1. The van der Waals surface area contributed by atoms with E-state index in [-0.39, 0.29) is 21.8 Å². The SMILES string of the molecule is CCCCCC(=O)C[S+](CC(C)(C)C)OS(=O)(=O)c1ccc(C)cc1. The molecule has 0 amide bonds. The van der Waals surface area contributed by atoms with Gasteiger partial charge in [-0.25, -0.2) is 0 Å². The van der Waals surface area contributed by atoms with Crippen LogP contribution in [0.3, 0.4) is 0 Å². The maximum Gasteiger partial charge on any atom is 0.339 e. The smallest absolute Gasteiger partial charge is 0.294 e. The molecule has 0 spiro atoms. The Hall–Kier alpha value is -0.850. The van der Waals surface area contributed by atoms with Gasteiger partial charge in [-0.05, 0) is 29.1 Å². The lowest BCUT2D eigenvalue weighted by atomic mass is 10.0. The Morgan fingerprint density at radius 3 is 2.24 bits per heavy atom. The maximum atomic E-state index is 12.6. The van der Waals surface area contributed by atoms with Crippen LogP contribution in [0.4, 0.5) is 0 Å². The number of benzene rings is 1. The Labute approximate surface area is 156 Å². The average molecular weight is 388 g/mol. The van der Waals surface area contributed by atoms with Crippen molar-refractivity contribution >= 4 is 27.1 Å². The molecule has 0 aliphatic carbocycles. The molecule has 0 N–H and O–H groups in total. The van der Waals surface area contributed by atoms with Gasteiger partial charge in [0.2, 0.25) is 5.75 Å². The van der Waals surface area contributed by atoms with Crippen molar-refractivity contribution in [1.29, 1.82) is 0 Å². The van der Waals surface area contributed by atoms with Crippen LogP contribution >= 0.6 is 0 Å². The van der Waals surface area contributed by atoms with E-state index >= 15 is 0 Å². The monoisotopic (exact) mass is 387 g/mol. The number of carbonyl (C=O) groups is 1. The fraction of sp³-hybridized carbons (Fsp3) is 0.632. The molecule has 0 saturated heterocycles. The first kappa shape index (κ1) is 22.2. The van der Waals surface area contributed by atoms with E-state index in [1.807, 2.05) is 27.7 Å². The summed E-state index contributed by atoms with van der Waals surface area (Å²) in [4.78, 5) is 12.4. The fourth-order valence-corrected chi connectivity index (χ4v) is 6.03. The number of Topliss-reactive ketones (excluding diaryl/α,β-unsaturated/α-hetero) is 1. The second-order valence-electron chi connectivity index (χ2n) is 7.62. The first-order valence-electron chi connectivity index (χ1n) is 8.74. The summed E-state index contributed by atoms with van der Waals surface area (Å²) in [6.07, 6.45) is 3.42. The van der Waals surface area contributed by atoms with Gasteiger partial charge in [0.25, 0.3) is 0 Å². The molecule has 25 heavy (non-hydrogen) atoms. The van der Waals surface area contributed by atoms with Crippen molar-refractivity contribution in [2.45, 2.75) is 65.2 Å². The molecule has 1 atom stereocenters. The predicted molar refractivity (Wildman–Crippen MR) is 105 cm³/mol. The summed E-state index contributed by atoms with van der Waals surface area (Å²) in [7, 11) is -3.86. The zero-order chi connectivity index (χ0) is 19.1. The van der Waals surface area contributed by atoms with Crippen molar-refractivity contribution in [1.82, 2.24) is 0 Å². The van der Waals surface area contributed by atoms with Crippen molar-refractivity contribution in [2.75, 3.05) is 11.5 Å². The van der Waals surface area contributed by atoms with Crippen LogP contribution in [-0.2, 0) is 29.7 Å². The minimum absolute atomic E-state index is 0.0835. The van der Waals surface area contributed by atoms with Gasteiger partial charge in [-0.1, -0.05) is 58.2 Å². The summed E-state index contributed by atoms with van der Waals surface area (Å²) < 4.78 is 30.6. The van der Waals surface area contributed by atoms with Crippen molar-refractivity contribution in [2.24, 2.45) is 5.41 Å². The van der Waals surface area contributed by atoms with Crippen LogP contribution in [0.25, 0.3) is 0 Å². The third kappa shape index (κ3) is 8.88. The first-order valence-corrected chi connectivity index (χ1v) is 11.6. The number of rotatable bonds is 10. The number of unbranched alkanes of at least 4 members (excludes halogenated alkanes) is 2. The largest absolute Gasteiger partial charge is 0.339 e. The van der Waals surface area contributed by atoms with Crippen LogP contribution in [0.2, 0.25) is 0 Å². The maximum absolute atomic E-state index is 12.6. The molecule has 0 radical (unpaired) electrons. The Balaban J connectivity index is 2.85. The second-order valence-corrected chi connectivity index (χ2v) is 11.0. The van der Waals surface area contributed by atoms with E-state index in [1.165, 1.54) is 0 Å². The molecule has 0 saturated carbocycles. The van der Waals surface area contributed by atoms with E-state index in [9.17, 15) is 13.2 Å². The van der Waals surface area contributed by atoms with Crippen LogP contribution < -0.4 is 0 Å². The molecule has 1 rings (SSSR count). The van der Waals surface area contributed by atoms with Gasteiger partial charge in [0.05, 0.1) is 4.90 Å². The minimum atomic E-state index is -3.86. The van der Waals surface area contributed by atoms with Crippen molar-refractivity contribution in [3.05, 3.63) is 29.8 Å². The van der Waals surface area contributed by atoms with Gasteiger partial charge < -0.3 is 0 Å². The van der Waals surface area contributed by atoms with Crippen molar-refractivity contribution in [3.63, 3.8) is 0 Å². The Kier molecular flexibility index (Phi) is 8.64. The van der Waals surface area contributed by atoms with Crippen molar-refractivity contribution < 1.29 is 16.8 Å². The van der Waals surface area contributed by atoms with Crippen molar-refractivity contribution in [3.8, 4) is 0 Å². The van der Waals surface area contributed by atoms with E-state index in [0.29, 0.717) is 12.2 Å². The van der Waals surface area contributed by atoms with Crippen LogP contribution in [0, 0.1) is 12.3 Å². The molecule has 0 fully saturated rings. The van der Waals surface area contributed by atoms with E-state index < -0.39 is 21.3 Å². The molecule has 0 aliphatic heterocycles. The Morgan fingerprint density at radius 1 is 1.12 bits per heavy atom. The van der Waals surface area contributed by atoms with Crippen LogP contribution in [-0.4, -0.2) is 25.7 Å². The second kappa shape index (κ2) is 9.74. The van der Waals surface area contributed by atoms with Crippen LogP contribution in [0.5, 0.6) is 0 Å². The fourth-order valence-electron chi connectivity index (χ4n) is 2.28. The van der Waals surface area contributed by atoms with Crippen LogP contribution in [0.1, 0.15) is 58.9 Å². The number of ketones is 1. The molecule has 4 nitrogen and oxygen atoms in total. The summed E-state index contributed by atoms with van der Waals surface area (Å²) in [6, 6.07) is 6.58. The summed E-state index contributed by atoms with van der Waals surface area (Å²) in [5, 5.41) is 0. The third-order valence-corrected chi connectivity index (χ3v) is 7.64. The highest BCUT2D eigenvalue weighted by molar-refractivity contribution is 8.03. The number of hydrogen-bond acceptors (Lipinski definition) is 4. The highest BCUT2D eigenvalue weighted by Gasteiger charge is 2.37. The van der Waals surface area contributed by atoms with Gasteiger partial charge in [-0.15, -0.1) is 0 Å². The van der Waals surface area contributed by atoms with E-state index in [0.717, 1.165) is 24.8 Å². The van der Waals surface area contributed by atoms with Gasteiger partial charge in [0.15, 0.2) is 17.0 Å². The molecule has 0 bridgehead atoms. The van der Waals surface area contributed by atoms with Gasteiger partial charge in [0.1, 0.15) is 5.75 Å². The van der Waals surface area contributed by atoms with Gasteiger partial charge in [-0.2, -0.15) is 8.42 Å². The van der Waals surface area contributed by atoms with E-state index in [4.69, 9.17) is 3.63 Å².